The molecule has 2 aromatic carbocycles. The Morgan fingerprint density at radius 1 is 1.20 bits per heavy atom. The fourth-order valence-electron chi connectivity index (χ4n) is 2.28. The molecule has 0 aromatic heterocycles. The molecule has 2 rings (SSSR count). The lowest BCUT2D eigenvalue weighted by atomic mass is 10.2. The number of carbonyl (C=O) groups is 1. The normalized spacial score (nSPS) is 10.0. The van der Waals surface area contributed by atoms with Gasteiger partial charge in [0.1, 0.15) is 0 Å². The molecule has 2 aromatic rings. The van der Waals surface area contributed by atoms with E-state index in [0.717, 1.165) is 17.9 Å². The second kappa shape index (κ2) is 9.03. The number of ether oxygens (including phenoxy) is 1. The van der Waals surface area contributed by atoms with Gasteiger partial charge in [-0.2, -0.15) is 0 Å². The summed E-state index contributed by atoms with van der Waals surface area (Å²) in [6, 6.07) is 15.4. The molecular formula is C19H23N3O2S. The third-order valence-corrected chi connectivity index (χ3v) is 4.00. The van der Waals surface area contributed by atoms with E-state index in [9.17, 15) is 4.79 Å². The Morgan fingerprint density at radius 3 is 2.60 bits per heavy atom. The van der Waals surface area contributed by atoms with Crippen LogP contribution in [0.4, 0.5) is 11.4 Å². The molecule has 0 aliphatic rings. The van der Waals surface area contributed by atoms with Crippen molar-refractivity contribution in [1.82, 2.24) is 5.32 Å². The largest absolute Gasteiger partial charge is 0.465 e. The van der Waals surface area contributed by atoms with Gasteiger partial charge in [0.25, 0.3) is 0 Å². The van der Waals surface area contributed by atoms with Gasteiger partial charge in [0.05, 0.1) is 12.7 Å². The van der Waals surface area contributed by atoms with Gasteiger partial charge >= 0.3 is 5.97 Å². The van der Waals surface area contributed by atoms with Gasteiger partial charge < -0.3 is 20.3 Å². The number of nitrogens with zero attached hydrogens (tertiary/aromatic N) is 1. The molecule has 0 atom stereocenters. The first-order chi connectivity index (χ1) is 12.0. The number of likely N-dealkylation sites (N-methyl/N-ethyl adjacent to an activating group) is 1. The predicted octanol–water partition coefficient (Wildman–Crippen LogP) is 3.20. The summed E-state index contributed by atoms with van der Waals surface area (Å²) in [5, 5.41) is 6.76. The van der Waals surface area contributed by atoms with E-state index in [0.29, 0.717) is 17.2 Å². The lowest BCUT2D eigenvalue weighted by Crippen LogP contribution is -2.35. The van der Waals surface area contributed by atoms with Crippen LogP contribution in [-0.4, -0.2) is 38.3 Å². The van der Waals surface area contributed by atoms with E-state index < -0.39 is 0 Å². The molecule has 0 bridgehead atoms. The molecule has 0 saturated heterocycles. The lowest BCUT2D eigenvalue weighted by Gasteiger charge is -2.20. The van der Waals surface area contributed by atoms with Crippen LogP contribution in [0, 0.1) is 6.92 Å². The summed E-state index contributed by atoms with van der Waals surface area (Å²) in [6.45, 7) is 3.59. The molecule has 2 N–H and O–H groups in total. The maximum atomic E-state index is 11.6. The summed E-state index contributed by atoms with van der Waals surface area (Å²) < 4.78 is 4.72. The van der Waals surface area contributed by atoms with Gasteiger partial charge in [-0.1, -0.05) is 23.8 Å². The van der Waals surface area contributed by atoms with E-state index in [1.807, 2.05) is 13.1 Å². The highest BCUT2D eigenvalue weighted by molar-refractivity contribution is 7.80. The van der Waals surface area contributed by atoms with Crippen LogP contribution in [0.1, 0.15) is 15.9 Å². The number of benzene rings is 2. The van der Waals surface area contributed by atoms with Crippen molar-refractivity contribution in [2.75, 3.05) is 37.5 Å². The summed E-state index contributed by atoms with van der Waals surface area (Å²) in [5.74, 6) is -0.373. The van der Waals surface area contributed by atoms with Crippen molar-refractivity contribution in [1.29, 1.82) is 0 Å². The van der Waals surface area contributed by atoms with Gasteiger partial charge in [-0.05, 0) is 49.5 Å². The molecule has 0 fully saturated rings. The third-order valence-electron chi connectivity index (χ3n) is 3.75. The Bertz CT molecular complexity index is 732. The highest BCUT2D eigenvalue weighted by Crippen LogP contribution is 2.13. The summed E-state index contributed by atoms with van der Waals surface area (Å²) in [4.78, 5) is 13.7. The number of hydrogen-bond donors (Lipinski definition) is 2. The second-order valence-corrected chi connectivity index (χ2v) is 6.12. The van der Waals surface area contributed by atoms with Crippen LogP contribution < -0.4 is 15.5 Å². The minimum absolute atomic E-state index is 0.373. The van der Waals surface area contributed by atoms with Gasteiger partial charge in [0.15, 0.2) is 5.11 Å². The zero-order valence-corrected chi connectivity index (χ0v) is 15.5. The van der Waals surface area contributed by atoms with E-state index >= 15 is 0 Å². The third kappa shape index (κ3) is 5.76. The van der Waals surface area contributed by atoms with Crippen LogP contribution in [-0.2, 0) is 4.74 Å². The Balaban J connectivity index is 1.81. The van der Waals surface area contributed by atoms with Crippen molar-refractivity contribution >= 4 is 34.7 Å². The van der Waals surface area contributed by atoms with Crippen LogP contribution in [0.3, 0.4) is 0 Å². The smallest absolute Gasteiger partial charge is 0.337 e. The van der Waals surface area contributed by atoms with Crippen molar-refractivity contribution in [3.05, 3.63) is 59.7 Å². The summed E-state index contributed by atoms with van der Waals surface area (Å²) in [7, 11) is 3.40. The lowest BCUT2D eigenvalue weighted by molar-refractivity contribution is 0.0601. The number of anilines is 2. The number of esters is 1. The van der Waals surface area contributed by atoms with E-state index in [1.54, 1.807) is 18.2 Å². The topological polar surface area (TPSA) is 53.6 Å². The molecule has 25 heavy (non-hydrogen) atoms. The van der Waals surface area contributed by atoms with E-state index in [2.05, 4.69) is 46.7 Å². The molecule has 0 aliphatic carbocycles. The first kappa shape index (κ1) is 18.7. The van der Waals surface area contributed by atoms with Gasteiger partial charge in [0.2, 0.25) is 0 Å². The first-order valence-electron chi connectivity index (χ1n) is 8.00. The SMILES string of the molecule is COC(=O)c1cccc(NC(=S)NCCN(C)c2ccc(C)cc2)c1. The average molecular weight is 357 g/mol. The van der Waals surface area contributed by atoms with Gasteiger partial charge in [-0.3, -0.25) is 0 Å². The zero-order valence-electron chi connectivity index (χ0n) is 14.7. The predicted molar refractivity (Wildman–Crippen MR) is 106 cm³/mol. The maximum absolute atomic E-state index is 11.6. The van der Waals surface area contributed by atoms with Crippen molar-refractivity contribution < 1.29 is 9.53 Å². The number of nitrogens with one attached hydrogen (secondary N) is 2. The van der Waals surface area contributed by atoms with Gasteiger partial charge in [0, 0.05) is 31.5 Å². The van der Waals surface area contributed by atoms with Crippen LogP contribution in [0.25, 0.3) is 0 Å². The number of rotatable bonds is 6. The zero-order chi connectivity index (χ0) is 18.2. The standard InChI is InChI=1S/C19H23N3O2S/c1-14-7-9-17(10-8-14)22(2)12-11-20-19(25)21-16-6-4-5-15(13-16)18(23)24-3/h4-10,13H,11-12H2,1-3H3,(H2,20,21,25). The van der Waals surface area contributed by atoms with Crippen LogP contribution in [0.15, 0.2) is 48.5 Å². The van der Waals surface area contributed by atoms with Crippen molar-refractivity contribution in [3.63, 3.8) is 0 Å². The molecule has 6 heteroatoms. The summed E-state index contributed by atoms with van der Waals surface area (Å²) in [5.41, 5.74) is 3.63. The highest BCUT2D eigenvalue weighted by Gasteiger charge is 2.06. The van der Waals surface area contributed by atoms with Crippen molar-refractivity contribution in [2.45, 2.75) is 6.92 Å². The molecule has 132 valence electrons. The van der Waals surface area contributed by atoms with E-state index in [-0.39, 0.29) is 5.97 Å². The van der Waals surface area contributed by atoms with E-state index in [4.69, 9.17) is 17.0 Å². The maximum Gasteiger partial charge on any atom is 0.337 e. The number of aryl methyl sites for hydroxylation is 1. The monoisotopic (exact) mass is 357 g/mol. The van der Waals surface area contributed by atoms with Gasteiger partial charge in [-0.25, -0.2) is 4.79 Å². The number of thiocarbonyl (C=S) groups is 1. The molecule has 0 radical (unpaired) electrons. The molecule has 0 aliphatic heterocycles. The molecule has 0 amide bonds. The molecule has 0 spiro atoms. The summed E-state index contributed by atoms with van der Waals surface area (Å²) in [6.07, 6.45) is 0. The Hall–Kier alpha value is -2.60. The minimum Gasteiger partial charge on any atom is -0.465 e. The molecular weight excluding hydrogens is 334 g/mol. The summed E-state index contributed by atoms with van der Waals surface area (Å²) >= 11 is 5.30. The second-order valence-electron chi connectivity index (χ2n) is 5.71. The molecule has 0 heterocycles. The Labute approximate surface area is 154 Å². The van der Waals surface area contributed by atoms with Gasteiger partial charge in [-0.15, -0.1) is 0 Å². The van der Waals surface area contributed by atoms with Crippen molar-refractivity contribution in [2.24, 2.45) is 0 Å². The molecule has 5 nitrogen and oxygen atoms in total. The molecule has 0 saturated carbocycles. The van der Waals surface area contributed by atoms with E-state index in [1.165, 1.54) is 12.7 Å². The number of hydrogen-bond acceptors (Lipinski definition) is 4. The van der Waals surface area contributed by atoms with Crippen LogP contribution in [0.2, 0.25) is 0 Å². The highest BCUT2D eigenvalue weighted by atomic mass is 32.1. The average Bonchev–Trinajstić information content (AvgIpc) is 2.61. The number of methoxy groups -OCH3 is 1. The Kier molecular flexibility index (Phi) is 6.77. The fraction of sp³-hybridized carbons (Fsp3) is 0.263. The van der Waals surface area contributed by atoms with Crippen molar-refractivity contribution in [3.8, 4) is 0 Å². The van der Waals surface area contributed by atoms with Crippen LogP contribution in [0.5, 0.6) is 0 Å². The quantitative estimate of drug-likeness (QED) is 0.612. The Morgan fingerprint density at radius 2 is 1.92 bits per heavy atom. The minimum atomic E-state index is -0.373. The first-order valence-corrected chi connectivity index (χ1v) is 8.41. The fourth-order valence-corrected chi connectivity index (χ4v) is 2.50. The molecule has 0 unspecified atom stereocenters. The van der Waals surface area contributed by atoms with Crippen LogP contribution >= 0.6 is 12.2 Å². The number of carbonyl (C=O) groups excluding carboxylic acids is 1.